The van der Waals surface area contributed by atoms with Gasteiger partial charge in [-0.05, 0) is 31.9 Å². The van der Waals surface area contributed by atoms with Gasteiger partial charge in [-0.2, -0.15) is 0 Å². The van der Waals surface area contributed by atoms with Crippen LogP contribution in [0.15, 0.2) is 17.1 Å². The van der Waals surface area contributed by atoms with E-state index in [0.717, 1.165) is 5.56 Å². The molecule has 0 fully saturated rings. The second kappa shape index (κ2) is 3.34. The Labute approximate surface area is 77.4 Å². The molecule has 3 nitrogen and oxygen atoms in total. The summed E-state index contributed by atoms with van der Waals surface area (Å²) in [5.74, 6) is 0. The van der Waals surface area contributed by atoms with E-state index in [1.165, 1.54) is 0 Å². The molecule has 0 spiro atoms. The van der Waals surface area contributed by atoms with Crippen LogP contribution in [0.2, 0.25) is 0 Å². The van der Waals surface area contributed by atoms with Crippen LogP contribution in [-0.2, 0) is 5.60 Å². The van der Waals surface area contributed by atoms with Gasteiger partial charge in [-0.1, -0.05) is 6.92 Å². The minimum atomic E-state index is -1.03. The van der Waals surface area contributed by atoms with Crippen molar-refractivity contribution in [2.24, 2.45) is 0 Å². The highest BCUT2D eigenvalue weighted by atomic mass is 16.3. The predicted molar refractivity (Wildman–Crippen MR) is 51.7 cm³/mol. The Morgan fingerprint density at radius 3 is 2.69 bits per heavy atom. The van der Waals surface area contributed by atoms with E-state index in [9.17, 15) is 9.90 Å². The van der Waals surface area contributed by atoms with Gasteiger partial charge in [0.15, 0.2) is 0 Å². The summed E-state index contributed by atoms with van der Waals surface area (Å²) < 4.78 is 0. The van der Waals surface area contributed by atoms with Crippen molar-refractivity contribution in [1.29, 1.82) is 0 Å². The number of nitrogens with one attached hydrogen (secondary N) is 1. The van der Waals surface area contributed by atoms with Crippen molar-refractivity contribution in [2.75, 3.05) is 0 Å². The predicted octanol–water partition coefficient (Wildman–Crippen LogP) is 1.30. The summed E-state index contributed by atoms with van der Waals surface area (Å²) in [6.45, 7) is 5.34. The van der Waals surface area contributed by atoms with Crippen LogP contribution in [0.1, 0.15) is 31.4 Å². The number of aliphatic hydroxyl groups is 1. The van der Waals surface area contributed by atoms with Gasteiger partial charge >= 0.3 is 0 Å². The summed E-state index contributed by atoms with van der Waals surface area (Å²) in [4.78, 5) is 14.0. The first kappa shape index (κ1) is 9.99. The standard InChI is InChI=1S/C10H15NO2/c1-4-10(3,13)8-7(2)5-6-11-9(8)12/h5-6,13H,4H2,1-3H3,(H,11,12). The highest BCUT2D eigenvalue weighted by molar-refractivity contribution is 5.27. The van der Waals surface area contributed by atoms with Crippen molar-refractivity contribution in [3.8, 4) is 0 Å². The number of aryl methyl sites for hydroxylation is 1. The van der Waals surface area contributed by atoms with Crippen LogP contribution >= 0.6 is 0 Å². The molecule has 0 aliphatic heterocycles. The van der Waals surface area contributed by atoms with Crippen molar-refractivity contribution in [3.05, 3.63) is 33.7 Å². The van der Waals surface area contributed by atoms with E-state index in [0.29, 0.717) is 12.0 Å². The average molecular weight is 181 g/mol. The summed E-state index contributed by atoms with van der Waals surface area (Å²) in [6, 6.07) is 1.79. The molecular formula is C10H15NO2. The largest absolute Gasteiger partial charge is 0.385 e. The van der Waals surface area contributed by atoms with E-state index in [1.807, 2.05) is 13.8 Å². The lowest BCUT2D eigenvalue weighted by Gasteiger charge is -2.22. The first-order chi connectivity index (χ1) is 5.99. The fraction of sp³-hybridized carbons (Fsp3) is 0.500. The highest BCUT2D eigenvalue weighted by Gasteiger charge is 2.25. The molecule has 0 aliphatic rings. The van der Waals surface area contributed by atoms with Gasteiger partial charge < -0.3 is 10.1 Å². The molecule has 0 aliphatic carbocycles. The van der Waals surface area contributed by atoms with Gasteiger partial charge in [-0.25, -0.2) is 0 Å². The first-order valence-corrected chi connectivity index (χ1v) is 4.40. The lowest BCUT2D eigenvalue weighted by atomic mass is 9.91. The SMILES string of the molecule is CCC(C)(O)c1c(C)cc[nH]c1=O. The Hall–Kier alpha value is -1.09. The second-order valence-electron chi connectivity index (χ2n) is 3.49. The van der Waals surface area contributed by atoms with Crippen molar-refractivity contribution in [1.82, 2.24) is 4.98 Å². The Bertz CT molecular complexity index is 352. The van der Waals surface area contributed by atoms with Gasteiger partial charge in [0.25, 0.3) is 5.56 Å². The number of hydrogen-bond acceptors (Lipinski definition) is 2. The Morgan fingerprint density at radius 2 is 2.23 bits per heavy atom. The fourth-order valence-electron chi connectivity index (χ4n) is 1.42. The molecule has 2 N–H and O–H groups in total. The summed E-state index contributed by atoms with van der Waals surface area (Å²) >= 11 is 0. The minimum absolute atomic E-state index is 0.202. The maximum Gasteiger partial charge on any atom is 0.254 e. The zero-order chi connectivity index (χ0) is 10.1. The first-order valence-electron chi connectivity index (χ1n) is 4.40. The molecule has 0 saturated carbocycles. The van der Waals surface area contributed by atoms with E-state index >= 15 is 0 Å². The number of aromatic nitrogens is 1. The molecular weight excluding hydrogens is 166 g/mol. The van der Waals surface area contributed by atoms with Crippen molar-refractivity contribution in [3.63, 3.8) is 0 Å². The molecule has 72 valence electrons. The number of pyridine rings is 1. The molecule has 1 rings (SSSR count). The topological polar surface area (TPSA) is 53.1 Å². The van der Waals surface area contributed by atoms with Crippen molar-refractivity contribution in [2.45, 2.75) is 32.8 Å². The van der Waals surface area contributed by atoms with Crippen LogP contribution in [0.25, 0.3) is 0 Å². The van der Waals surface area contributed by atoms with Crippen LogP contribution in [0, 0.1) is 6.92 Å². The molecule has 1 unspecified atom stereocenters. The molecule has 0 amide bonds. The lowest BCUT2D eigenvalue weighted by Crippen LogP contribution is -2.30. The average Bonchev–Trinajstić information content (AvgIpc) is 2.03. The van der Waals surface area contributed by atoms with Crippen molar-refractivity contribution < 1.29 is 5.11 Å². The second-order valence-corrected chi connectivity index (χ2v) is 3.49. The third kappa shape index (κ3) is 1.80. The van der Waals surface area contributed by atoms with Crippen LogP contribution in [0.4, 0.5) is 0 Å². The molecule has 1 heterocycles. The number of rotatable bonds is 2. The number of hydrogen-bond donors (Lipinski definition) is 2. The quantitative estimate of drug-likeness (QED) is 0.722. The van der Waals surface area contributed by atoms with Gasteiger partial charge in [0.05, 0.1) is 11.2 Å². The molecule has 1 aromatic heterocycles. The molecule has 3 heteroatoms. The molecule has 1 aromatic rings. The third-order valence-electron chi connectivity index (χ3n) is 2.40. The van der Waals surface area contributed by atoms with E-state index in [2.05, 4.69) is 4.98 Å². The zero-order valence-electron chi connectivity index (χ0n) is 8.22. The van der Waals surface area contributed by atoms with Gasteiger partial charge in [0.2, 0.25) is 0 Å². The summed E-state index contributed by atoms with van der Waals surface area (Å²) in [6.07, 6.45) is 2.12. The summed E-state index contributed by atoms with van der Waals surface area (Å²) in [5, 5.41) is 9.94. The molecule has 0 radical (unpaired) electrons. The smallest absolute Gasteiger partial charge is 0.254 e. The molecule has 13 heavy (non-hydrogen) atoms. The maximum atomic E-state index is 11.4. The number of H-pyrrole nitrogens is 1. The van der Waals surface area contributed by atoms with Gasteiger partial charge in [-0.3, -0.25) is 4.79 Å². The van der Waals surface area contributed by atoms with E-state index in [-0.39, 0.29) is 5.56 Å². The Balaban J connectivity index is 3.37. The molecule has 1 atom stereocenters. The van der Waals surface area contributed by atoms with E-state index in [4.69, 9.17) is 0 Å². The van der Waals surface area contributed by atoms with Crippen LogP contribution in [0.5, 0.6) is 0 Å². The van der Waals surface area contributed by atoms with Crippen molar-refractivity contribution >= 4 is 0 Å². The maximum absolute atomic E-state index is 11.4. The minimum Gasteiger partial charge on any atom is -0.385 e. The normalized spacial score (nSPS) is 15.4. The van der Waals surface area contributed by atoms with E-state index in [1.54, 1.807) is 19.2 Å². The Morgan fingerprint density at radius 1 is 1.62 bits per heavy atom. The van der Waals surface area contributed by atoms with Crippen LogP contribution in [0.3, 0.4) is 0 Å². The third-order valence-corrected chi connectivity index (χ3v) is 2.40. The Kier molecular flexibility index (Phi) is 2.57. The van der Waals surface area contributed by atoms with Gasteiger partial charge in [0, 0.05) is 6.20 Å². The summed E-state index contributed by atoms with van der Waals surface area (Å²) in [5.41, 5.74) is 0.0683. The monoisotopic (exact) mass is 181 g/mol. The van der Waals surface area contributed by atoms with Gasteiger partial charge in [0.1, 0.15) is 0 Å². The van der Waals surface area contributed by atoms with Crippen LogP contribution in [-0.4, -0.2) is 10.1 Å². The van der Waals surface area contributed by atoms with Gasteiger partial charge in [-0.15, -0.1) is 0 Å². The molecule has 0 bridgehead atoms. The molecule has 0 saturated heterocycles. The van der Waals surface area contributed by atoms with Crippen LogP contribution < -0.4 is 5.56 Å². The zero-order valence-corrected chi connectivity index (χ0v) is 8.22. The number of aromatic amines is 1. The summed E-state index contributed by atoms with van der Waals surface area (Å²) in [7, 11) is 0. The highest BCUT2D eigenvalue weighted by Crippen LogP contribution is 2.22. The fourth-order valence-corrected chi connectivity index (χ4v) is 1.42. The van der Waals surface area contributed by atoms with E-state index < -0.39 is 5.60 Å². The molecule has 0 aromatic carbocycles. The lowest BCUT2D eigenvalue weighted by molar-refractivity contribution is 0.0509.